The Morgan fingerprint density at radius 2 is 1.89 bits per heavy atom. The largest absolute Gasteiger partial charge is 0.337 e. The van der Waals surface area contributed by atoms with E-state index in [1.807, 2.05) is 31.3 Å². The van der Waals surface area contributed by atoms with Gasteiger partial charge in [0, 0.05) is 49.9 Å². The molecule has 0 saturated carbocycles. The molecule has 3 heterocycles. The second-order valence-electron chi connectivity index (χ2n) is 9.00. The van der Waals surface area contributed by atoms with Gasteiger partial charge in [-0.3, -0.25) is 19.5 Å². The van der Waals surface area contributed by atoms with Gasteiger partial charge in [0.2, 0.25) is 0 Å². The number of hydrogen-bond donors (Lipinski definition) is 1. The Morgan fingerprint density at radius 1 is 1.11 bits per heavy atom. The smallest absolute Gasteiger partial charge is 0.272 e. The van der Waals surface area contributed by atoms with Crippen LogP contribution in [0.2, 0.25) is 0 Å². The summed E-state index contributed by atoms with van der Waals surface area (Å²) < 4.78 is 14.7. The van der Waals surface area contributed by atoms with E-state index in [1.54, 1.807) is 41.6 Å². The molecule has 0 bridgehead atoms. The van der Waals surface area contributed by atoms with Crippen LogP contribution in [0.4, 0.5) is 4.39 Å². The summed E-state index contributed by atoms with van der Waals surface area (Å²) in [6.07, 6.45) is 4.75. The molecular weight excluding hydrogens is 445 g/mol. The van der Waals surface area contributed by atoms with Crippen LogP contribution < -0.4 is 5.56 Å². The first-order chi connectivity index (χ1) is 17.0. The lowest BCUT2D eigenvalue weighted by Crippen LogP contribution is -2.36. The molecule has 2 aromatic heterocycles. The zero-order valence-corrected chi connectivity index (χ0v) is 19.4. The summed E-state index contributed by atoms with van der Waals surface area (Å²) in [6, 6.07) is 16.0. The summed E-state index contributed by atoms with van der Waals surface area (Å²) in [5, 5.41) is 8.02. The predicted octanol–water partition coefficient (Wildman–Crippen LogP) is 3.39. The number of benzene rings is 2. The number of H-pyrrole nitrogens is 1. The summed E-state index contributed by atoms with van der Waals surface area (Å²) >= 11 is 0. The first kappa shape index (κ1) is 22.9. The summed E-state index contributed by atoms with van der Waals surface area (Å²) in [5.41, 5.74) is 2.40. The van der Waals surface area contributed by atoms with Crippen molar-refractivity contribution in [2.24, 2.45) is 0 Å². The fourth-order valence-electron chi connectivity index (χ4n) is 4.71. The lowest BCUT2D eigenvalue weighted by molar-refractivity contribution is 0.0775. The van der Waals surface area contributed by atoms with Crippen molar-refractivity contribution < 1.29 is 9.18 Å². The van der Waals surface area contributed by atoms with Crippen molar-refractivity contribution in [3.63, 3.8) is 0 Å². The van der Waals surface area contributed by atoms with Gasteiger partial charge in [-0.1, -0.05) is 24.3 Å². The SMILES string of the molecule is CN(Cc1ccncc1)C1CCN(C(=O)c2cc(Cc3n[nH]c(=O)c4ccccc34)ccc2F)C1. The molecule has 1 amide bonds. The molecule has 0 radical (unpaired) electrons. The van der Waals surface area contributed by atoms with Crippen molar-refractivity contribution >= 4 is 16.7 Å². The van der Waals surface area contributed by atoms with E-state index in [2.05, 4.69) is 20.1 Å². The number of halogens is 1. The van der Waals surface area contributed by atoms with Crippen molar-refractivity contribution in [3.8, 4) is 0 Å². The lowest BCUT2D eigenvalue weighted by atomic mass is 10.0. The van der Waals surface area contributed by atoms with Gasteiger partial charge in [0.15, 0.2) is 0 Å². The van der Waals surface area contributed by atoms with Crippen LogP contribution in [0.15, 0.2) is 71.8 Å². The first-order valence-corrected chi connectivity index (χ1v) is 11.6. The van der Waals surface area contributed by atoms with Gasteiger partial charge < -0.3 is 4.90 Å². The molecule has 7 nitrogen and oxygen atoms in total. The zero-order chi connectivity index (χ0) is 24.4. The van der Waals surface area contributed by atoms with Crippen molar-refractivity contribution in [2.45, 2.75) is 25.4 Å². The fraction of sp³-hybridized carbons (Fsp3) is 0.259. The van der Waals surface area contributed by atoms with Crippen LogP contribution in [0.3, 0.4) is 0 Å². The summed E-state index contributed by atoms with van der Waals surface area (Å²) in [6.45, 7) is 1.90. The van der Waals surface area contributed by atoms with Crippen LogP contribution in [0.5, 0.6) is 0 Å². The van der Waals surface area contributed by atoms with Crippen LogP contribution in [0, 0.1) is 5.82 Å². The molecule has 2 aromatic carbocycles. The number of hydrogen-bond acceptors (Lipinski definition) is 5. The summed E-state index contributed by atoms with van der Waals surface area (Å²) in [5.74, 6) is -0.838. The number of pyridine rings is 1. The van der Waals surface area contributed by atoms with Gasteiger partial charge in [-0.2, -0.15) is 5.10 Å². The van der Waals surface area contributed by atoms with Gasteiger partial charge in [-0.15, -0.1) is 0 Å². The highest BCUT2D eigenvalue weighted by Crippen LogP contribution is 2.22. The number of carbonyl (C=O) groups is 1. The Hall–Kier alpha value is -3.91. The Morgan fingerprint density at radius 3 is 2.69 bits per heavy atom. The van der Waals surface area contributed by atoms with E-state index in [0.29, 0.717) is 30.6 Å². The topological polar surface area (TPSA) is 82.2 Å². The number of nitrogens with one attached hydrogen (secondary N) is 1. The minimum Gasteiger partial charge on any atom is -0.337 e. The van der Waals surface area contributed by atoms with Crippen molar-refractivity contribution in [1.82, 2.24) is 25.0 Å². The number of likely N-dealkylation sites (tertiary alicyclic amines) is 1. The van der Waals surface area contributed by atoms with Gasteiger partial charge in [-0.05, 0) is 54.9 Å². The molecule has 0 spiro atoms. The van der Waals surface area contributed by atoms with Gasteiger partial charge >= 0.3 is 0 Å². The third kappa shape index (κ3) is 4.83. The molecule has 1 N–H and O–H groups in total. The Labute approximate surface area is 202 Å². The van der Waals surface area contributed by atoms with Crippen LogP contribution in [0.25, 0.3) is 10.8 Å². The van der Waals surface area contributed by atoms with Crippen LogP contribution in [-0.2, 0) is 13.0 Å². The van der Waals surface area contributed by atoms with Gasteiger partial charge in [-0.25, -0.2) is 9.49 Å². The molecule has 0 aliphatic carbocycles. The average Bonchev–Trinajstić information content (AvgIpc) is 3.38. The number of fused-ring (bicyclic) bond motifs is 1. The third-order valence-electron chi connectivity index (χ3n) is 6.66. The van der Waals surface area contributed by atoms with Crippen molar-refractivity contribution in [3.05, 3.63) is 106 Å². The van der Waals surface area contributed by atoms with Gasteiger partial charge in [0.05, 0.1) is 16.6 Å². The molecule has 4 aromatic rings. The maximum absolute atomic E-state index is 14.7. The lowest BCUT2D eigenvalue weighted by Gasteiger charge is -2.25. The Balaban J connectivity index is 1.32. The van der Waals surface area contributed by atoms with Crippen LogP contribution in [0.1, 0.15) is 33.6 Å². The van der Waals surface area contributed by atoms with E-state index in [0.717, 1.165) is 29.5 Å². The monoisotopic (exact) mass is 471 g/mol. The molecule has 1 atom stereocenters. The molecule has 1 saturated heterocycles. The highest BCUT2D eigenvalue weighted by atomic mass is 19.1. The molecule has 178 valence electrons. The van der Waals surface area contributed by atoms with Crippen molar-refractivity contribution in [1.29, 1.82) is 0 Å². The van der Waals surface area contributed by atoms with E-state index in [4.69, 9.17) is 0 Å². The fourth-order valence-corrected chi connectivity index (χ4v) is 4.71. The predicted molar refractivity (Wildman–Crippen MR) is 132 cm³/mol. The Bertz CT molecular complexity index is 1420. The average molecular weight is 472 g/mol. The Kier molecular flexibility index (Phi) is 6.37. The van der Waals surface area contributed by atoms with Crippen LogP contribution in [-0.4, -0.2) is 57.1 Å². The normalized spacial score (nSPS) is 15.7. The second kappa shape index (κ2) is 9.76. The summed E-state index contributed by atoms with van der Waals surface area (Å²) in [7, 11) is 2.04. The van der Waals surface area contributed by atoms with E-state index >= 15 is 0 Å². The number of aromatic amines is 1. The zero-order valence-electron chi connectivity index (χ0n) is 19.4. The minimum atomic E-state index is -0.536. The quantitative estimate of drug-likeness (QED) is 0.466. The maximum atomic E-state index is 14.7. The van der Waals surface area contributed by atoms with E-state index in [9.17, 15) is 14.0 Å². The third-order valence-corrected chi connectivity index (χ3v) is 6.66. The molecule has 1 aliphatic rings. The maximum Gasteiger partial charge on any atom is 0.272 e. The van der Waals surface area contributed by atoms with E-state index in [-0.39, 0.29) is 23.1 Å². The second-order valence-corrected chi connectivity index (χ2v) is 9.00. The number of nitrogens with zero attached hydrogens (tertiary/aromatic N) is 4. The van der Waals surface area contributed by atoms with Gasteiger partial charge in [0.1, 0.15) is 5.82 Å². The van der Waals surface area contributed by atoms with Crippen LogP contribution >= 0.6 is 0 Å². The van der Waals surface area contributed by atoms with E-state index < -0.39 is 5.82 Å². The number of likely N-dealkylation sites (N-methyl/N-ethyl adjacent to an activating group) is 1. The molecule has 8 heteroatoms. The number of amides is 1. The minimum absolute atomic E-state index is 0.0636. The molecule has 35 heavy (non-hydrogen) atoms. The molecule has 1 aliphatic heterocycles. The highest BCUT2D eigenvalue weighted by Gasteiger charge is 2.30. The number of rotatable bonds is 6. The van der Waals surface area contributed by atoms with E-state index in [1.165, 1.54) is 6.07 Å². The number of carbonyl (C=O) groups excluding carboxylic acids is 1. The molecule has 1 unspecified atom stereocenters. The van der Waals surface area contributed by atoms with Gasteiger partial charge in [0.25, 0.3) is 11.5 Å². The molecule has 1 fully saturated rings. The molecular formula is C27H26FN5O2. The summed E-state index contributed by atoms with van der Waals surface area (Å²) in [4.78, 5) is 33.3. The standard InChI is InChI=1S/C27H26FN5O2/c1-32(16-18-8-11-29-12-9-18)20-10-13-33(17-20)27(35)23-14-19(6-7-24(23)28)15-25-21-4-2-3-5-22(21)26(34)31-30-25/h2-9,11-12,14,20H,10,13,15-17H2,1H3,(H,31,34). The highest BCUT2D eigenvalue weighted by molar-refractivity contribution is 5.95. The van der Waals surface area contributed by atoms with Crippen molar-refractivity contribution in [2.75, 3.05) is 20.1 Å². The molecule has 5 rings (SSSR count). The number of aromatic nitrogens is 3. The first-order valence-electron chi connectivity index (χ1n) is 11.6.